The Balaban J connectivity index is 0.000000336. The molecule has 0 atom stereocenters. The Morgan fingerprint density at radius 2 is 1.93 bits per heavy atom. The first-order valence-corrected chi connectivity index (χ1v) is 5.67. The maximum atomic E-state index is 8.54. The SMILES string of the molecule is CC(C)(O)O.Cc1ncsc1CCCO. The van der Waals surface area contributed by atoms with Crippen molar-refractivity contribution in [2.45, 2.75) is 39.4 Å². The Morgan fingerprint density at radius 3 is 2.27 bits per heavy atom. The standard InChI is InChI=1S/C7H11NOS.C3H8O2/c1-6-7(3-2-4-9)10-5-8-6;1-3(2,4)5/h5,9H,2-4H2,1H3;4-5H,1-2H3. The summed E-state index contributed by atoms with van der Waals surface area (Å²) in [6.07, 6.45) is 1.82. The zero-order chi connectivity index (χ0) is 11.9. The number of aliphatic hydroxyl groups is 3. The highest BCUT2D eigenvalue weighted by molar-refractivity contribution is 7.09. The van der Waals surface area contributed by atoms with Crippen molar-refractivity contribution in [1.29, 1.82) is 0 Å². The molecule has 1 aromatic rings. The third kappa shape index (κ3) is 9.81. The largest absolute Gasteiger partial charge is 0.396 e. The molecule has 0 aliphatic carbocycles. The van der Waals surface area contributed by atoms with Gasteiger partial charge < -0.3 is 15.3 Å². The van der Waals surface area contributed by atoms with Crippen molar-refractivity contribution in [2.75, 3.05) is 6.61 Å². The molecule has 0 fully saturated rings. The second-order valence-electron chi connectivity index (χ2n) is 3.68. The van der Waals surface area contributed by atoms with Gasteiger partial charge in [0, 0.05) is 11.5 Å². The number of rotatable bonds is 3. The van der Waals surface area contributed by atoms with E-state index in [4.69, 9.17) is 15.3 Å². The minimum atomic E-state index is -1.50. The predicted octanol–water partition coefficient (Wildman–Crippen LogP) is 1.08. The van der Waals surface area contributed by atoms with Crippen molar-refractivity contribution in [3.63, 3.8) is 0 Å². The van der Waals surface area contributed by atoms with E-state index in [9.17, 15) is 0 Å². The second kappa shape index (κ2) is 6.90. The molecule has 0 radical (unpaired) electrons. The molecule has 1 heterocycles. The third-order valence-corrected chi connectivity index (χ3v) is 2.40. The van der Waals surface area contributed by atoms with Crippen molar-refractivity contribution in [2.24, 2.45) is 0 Å². The lowest BCUT2D eigenvalue weighted by Gasteiger charge is -2.03. The minimum Gasteiger partial charge on any atom is -0.396 e. The molecule has 1 aromatic heterocycles. The first kappa shape index (κ1) is 14.5. The van der Waals surface area contributed by atoms with Gasteiger partial charge in [0.25, 0.3) is 0 Å². The molecule has 0 amide bonds. The van der Waals surface area contributed by atoms with Gasteiger partial charge in [0.1, 0.15) is 0 Å². The lowest BCUT2D eigenvalue weighted by molar-refractivity contribution is -0.127. The van der Waals surface area contributed by atoms with Crippen molar-refractivity contribution < 1.29 is 15.3 Å². The average Bonchev–Trinajstić information content (AvgIpc) is 2.45. The molecule has 0 unspecified atom stereocenters. The van der Waals surface area contributed by atoms with E-state index < -0.39 is 5.79 Å². The number of nitrogens with zero attached hydrogens (tertiary/aromatic N) is 1. The summed E-state index contributed by atoms with van der Waals surface area (Å²) in [4.78, 5) is 5.41. The monoisotopic (exact) mass is 233 g/mol. The van der Waals surface area contributed by atoms with E-state index in [0.29, 0.717) is 0 Å². The van der Waals surface area contributed by atoms with Crippen LogP contribution in [0.4, 0.5) is 0 Å². The highest BCUT2D eigenvalue weighted by Gasteiger charge is 2.00. The summed E-state index contributed by atoms with van der Waals surface area (Å²) in [5.74, 6) is -1.50. The van der Waals surface area contributed by atoms with E-state index in [-0.39, 0.29) is 6.61 Å². The van der Waals surface area contributed by atoms with Crippen LogP contribution in [0.1, 0.15) is 30.8 Å². The molecule has 0 aromatic carbocycles. The number of aliphatic hydroxyl groups excluding tert-OH is 1. The molecule has 0 aliphatic heterocycles. The molecule has 0 saturated heterocycles. The summed E-state index contributed by atoms with van der Waals surface area (Å²) >= 11 is 1.67. The number of hydrogen-bond donors (Lipinski definition) is 3. The van der Waals surface area contributed by atoms with E-state index in [2.05, 4.69) is 4.98 Å². The molecule has 4 nitrogen and oxygen atoms in total. The lowest BCUT2D eigenvalue weighted by Crippen LogP contribution is -2.15. The van der Waals surface area contributed by atoms with Gasteiger partial charge in [0.05, 0.1) is 11.2 Å². The normalized spacial score (nSPS) is 10.8. The zero-order valence-electron chi connectivity index (χ0n) is 9.40. The topological polar surface area (TPSA) is 73.6 Å². The summed E-state index contributed by atoms with van der Waals surface area (Å²) < 4.78 is 0. The quantitative estimate of drug-likeness (QED) is 0.683. The third-order valence-electron chi connectivity index (χ3n) is 1.41. The van der Waals surface area contributed by atoms with E-state index in [0.717, 1.165) is 18.5 Å². The molecule has 0 bridgehead atoms. The van der Waals surface area contributed by atoms with Gasteiger partial charge in [-0.25, -0.2) is 4.98 Å². The highest BCUT2D eigenvalue weighted by atomic mass is 32.1. The number of aromatic nitrogens is 1. The minimum absolute atomic E-state index is 0.275. The van der Waals surface area contributed by atoms with Gasteiger partial charge in [-0.1, -0.05) is 0 Å². The van der Waals surface area contributed by atoms with Gasteiger partial charge in [0.2, 0.25) is 0 Å². The molecular weight excluding hydrogens is 214 g/mol. The van der Waals surface area contributed by atoms with Crippen LogP contribution in [0.5, 0.6) is 0 Å². The fraction of sp³-hybridized carbons (Fsp3) is 0.700. The summed E-state index contributed by atoms with van der Waals surface area (Å²) in [6, 6.07) is 0. The van der Waals surface area contributed by atoms with E-state index in [1.165, 1.54) is 18.7 Å². The van der Waals surface area contributed by atoms with Crippen molar-refractivity contribution in [1.82, 2.24) is 4.98 Å². The Hall–Kier alpha value is -0.490. The van der Waals surface area contributed by atoms with Crippen LogP contribution in [-0.4, -0.2) is 32.7 Å². The van der Waals surface area contributed by atoms with Crippen molar-refractivity contribution >= 4 is 11.3 Å². The van der Waals surface area contributed by atoms with Crippen LogP contribution < -0.4 is 0 Å². The Morgan fingerprint density at radius 1 is 1.40 bits per heavy atom. The van der Waals surface area contributed by atoms with Crippen molar-refractivity contribution in [3.05, 3.63) is 16.1 Å². The van der Waals surface area contributed by atoms with Crippen LogP contribution >= 0.6 is 11.3 Å². The van der Waals surface area contributed by atoms with Crippen LogP contribution in [0.15, 0.2) is 5.51 Å². The van der Waals surface area contributed by atoms with E-state index in [1.807, 2.05) is 12.4 Å². The maximum Gasteiger partial charge on any atom is 0.156 e. The molecular formula is C10H19NO3S. The van der Waals surface area contributed by atoms with Crippen LogP contribution in [-0.2, 0) is 6.42 Å². The van der Waals surface area contributed by atoms with Crippen LogP contribution in [0.25, 0.3) is 0 Å². The van der Waals surface area contributed by atoms with Gasteiger partial charge >= 0.3 is 0 Å². The maximum absolute atomic E-state index is 8.54. The molecule has 3 N–H and O–H groups in total. The van der Waals surface area contributed by atoms with Gasteiger partial charge in [-0.05, 0) is 33.6 Å². The summed E-state index contributed by atoms with van der Waals surface area (Å²) in [5, 5.41) is 24.7. The fourth-order valence-electron chi connectivity index (χ4n) is 0.806. The van der Waals surface area contributed by atoms with Gasteiger partial charge in [-0.15, -0.1) is 11.3 Å². The molecule has 15 heavy (non-hydrogen) atoms. The number of thiazole rings is 1. The first-order valence-electron chi connectivity index (χ1n) is 4.79. The fourth-order valence-corrected chi connectivity index (χ4v) is 1.63. The average molecular weight is 233 g/mol. The summed E-state index contributed by atoms with van der Waals surface area (Å²) in [5.41, 5.74) is 2.96. The van der Waals surface area contributed by atoms with Crippen LogP contribution in [0, 0.1) is 6.92 Å². The summed E-state index contributed by atoms with van der Waals surface area (Å²) in [6.45, 7) is 4.88. The Kier molecular flexibility index (Phi) is 6.67. The summed E-state index contributed by atoms with van der Waals surface area (Å²) in [7, 11) is 0. The molecule has 88 valence electrons. The molecule has 5 heteroatoms. The zero-order valence-corrected chi connectivity index (χ0v) is 10.2. The van der Waals surface area contributed by atoms with E-state index in [1.54, 1.807) is 11.3 Å². The Labute approximate surface area is 94.2 Å². The molecule has 0 saturated carbocycles. The van der Waals surface area contributed by atoms with Gasteiger partial charge in [-0.3, -0.25) is 0 Å². The van der Waals surface area contributed by atoms with Gasteiger partial charge in [-0.2, -0.15) is 0 Å². The lowest BCUT2D eigenvalue weighted by atomic mass is 10.2. The van der Waals surface area contributed by atoms with Gasteiger partial charge in [0.15, 0.2) is 5.79 Å². The number of aryl methyl sites for hydroxylation is 2. The second-order valence-corrected chi connectivity index (χ2v) is 4.62. The van der Waals surface area contributed by atoms with Crippen LogP contribution in [0.3, 0.4) is 0 Å². The highest BCUT2D eigenvalue weighted by Crippen LogP contribution is 2.13. The first-order chi connectivity index (χ1) is 6.84. The molecule has 1 rings (SSSR count). The smallest absolute Gasteiger partial charge is 0.156 e. The van der Waals surface area contributed by atoms with Crippen LogP contribution in [0.2, 0.25) is 0 Å². The Bertz CT molecular complexity index is 262. The predicted molar refractivity (Wildman–Crippen MR) is 60.8 cm³/mol. The van der Waals surface area contributed by atoms with E-state index >= 15 is 0 Å². The molecule has 0 spiro atoms. The number of hydrogen-bond acceptors (Lipinski definition) is 5. The van der Waals surface area contributed by atoms with Crippen molar-refractivity contribution in [3.8, 4) is 0 Å². The molecule has 0 aliphatic rings.